The van der Waals surface area contributed by atoms with Crippen LogP contribution in [0.3, 0.4) is 0 Å². The van der Waals surface area contributed by atoms with Crippen LogP contribution in [0.15, 0.2) is 0 Å². The molecule has 0 fully saturated rings. The van der Waals surface area contributed by atoms with Crippen molar-refractivity contribution in [2.24, 2.45) is 0 Å². The molecule has 0 unspecified atom stereocenters. The van der Waals surface area contributed by atoms with Crippen LogP contribution >= 0.6 is 0 Å². The first kappa shape index (κ1) is 21.6. The number of aldehydes is 1. The fraction of sp³-hybridized carbons (Fsp3) is 0.778. The Morgan fingerprint density at radius 1 is 0.739 bits per heavy atom. The van der Waals surface area contributed by atoms with E-state index in [4.69, 9.17) is 4.74 Å². The van der Waals surface area contributed by atoms with E-state index in [1.54, 1.807) is 0 Å². The van der Waals surface area contributed by atoms with Gasteiger partial charge in [0.15, 0.2) is 0 Å². The van der Waals surface area contributed by atoms with Crippen LogP contribution in [0.1, 0.15) is 77.6 Å². The van der Waals surface area contributed by atoms with Crippen molar-refractivity contribution >= 4 is 23.6 Å². The molecule has 0 saturated heterocycles. The summed E-state index contributed by atoms with van der Waals surface area (Å²) in [6.45, 7) is 3.20. The predicted molar refractivity (Wildman–Crippen MR) is 88.4 cm³/mol. The largest absolute Gasteiger partial charge is 0.382 e. The van der Waals surface area contributed by atoms with E-state index in [0.29, 0.717) is 77.4 Å². The lowest BCUT2D eigenvalue weighted by Crippen LogP contribution is -2.05. The number of unbranched alkanes of at least 4 members (excludes halogenated alkanes) is 1. The molecule has 0 spiro atoms. The summed E-state index contributed by atoms with van der Waals surface area (Å²) < 4.78 is 5.17. The standard InChI is InChI=1S/C18H30O5/c1-2-23-15-7-13-18(22)12-6-11-17(21)10-5-9-16(20)8-3-4-14-19/h14H,2-13,15H2,1H3. The minimum atomic E-state index is 0.115. The molecule has 0 aromatic rings. The summed E-state index contributed by atoms with van der Waals surface area (Å²) in [5, 5.41) is 0. The summed E-state index contributed by atoms with van der Waals surface area (Å²) in [4.78, 5) is 44.9. The summed E-state index contributed by atoms with van der Waals surface area (Å²) in [6.07, 6.45) is 6.35. The van der Waals surface area contributed by atoms with Crippen LogP contribution in [0.2, 0.25) is 0 Å². The van der Waals surface area contributed by atoms with Gasteiger partial charge in [-0.25, -0.2) is 0 Å². The van der Waals surface area contributed by atoms with Crippen LogP contribution in [0.4, 0.5) is 0 Å². The van der Waals surface area contributed by atoms with E-state index in [9.17, 15) is 19.2 Å². The molecule has 0 bridgehead atoms. The smallest absolute Gasteiger partial charge is 0.133 e. The van der Waals surface area contributed by atoms with Crippen LogP contribution < -0.4 is 0 Å². The van der Waals surface area contributed by atoms with Crippen molar-refractivity contribution in [1.82, 2.24) is 0 Å². The molecule has 5 nitrogen and oxygen atoms in total. The number of rotatable bonds is 17. The molecule has 0 atom stereocenters. The van der Waals surface area contributed by atoms with Gasteiger partial charge in [0.1, 0.15) is 23.6 Å². The van der Waals surface area contributed by atoms with Crippen molar-refractivity contribution in [3.05, 3.63) is 0 Å². The van der Waals surface area contributed by atoms with Crippen LogP contribution in [0.25, 0.3) is 0 Å². The third kappa shape index (κ3) is 15.3. The summed E-state index contributed by atoms with van der Waals surface area (Å²) in [5.41, 5.74) is 0. The number of ketones is 3. The van der Waals surface area contributed by atoms with Gasteiger partial charge in [-0.2, -0.15) is 0 Å². The Balaban J connectivity index is 3.51. The van der Waals surface area contributed by atoms with Gasteiger partial charge in [0.05, 0.1) is 0 Å². The zero-order valence-corrected chi connectivity index (χ0v) is 14.3. The number of hydrogen-bond acceptors (Lipinski definition) is 5. The fourth-order valence-electron chi connectivity index (χ4n) is 2.24. The molecule has 0 aromatic heterocycles. The zero-order chi connectivity index (χ0) is 17.3. The molecule has 0 N–H and O–H groups in total. The van der Waals surface area contributed by atoms with Crippen molar-refractivity contribution in [2.45, 2.75) is 77.6 Å². The highest BCUT2D eigenvalue weighted by atomic mass is 16.5. The lowest BCUT2D eigenvalue weighted by atomic mass is 10.0. The topological polar surface area (TPSA) is 77.5 Å². The Kier molecular flexibility index (Phi) is 14.6. The molecule has 0 rings (SSSR count). The lowest BCUT2D eigenvalue weighted by Gasteiger charge is -2.03. The predicted octanol–water partition coefficient (Wildman–Crippen LogP) is 3.22. The van der Waals surface area contributed by atoms with Crippen LogP contribution in [-0.2, 0) is 23.9 Å². The first-order chi connectivity index (χ1) is 11.1. The summed E-state index contributed by atoms with van der Waals surface area (Å²) in [7, 11) is 0. The minimum absolute atomic E-state index is 0.115. The summed E-state index contributed by atoms with van der Waals surface area (Å²) in [5.74, 6) is 0.416. The molecule has 0 radical (unpaired) electrons. The Hall–Kier alpha value is -1.36. The van der Waals surface area contributed by atoms with Crippen LogP contribution in [-0.4, -0.2) is 36.8 Å². The maximum absolute atomic E-state index is 11.7. The van der Waals surface area contributed by atoms with Gasteiger partial charge in [-0.3, -0.25) is 14.4 Å². The molecule has 0 aliphatic rings. The molecule has 0 amide bonds. The zero-order valence-electron chi connectivity index (χ0n) is 14.3. The molecule has 23 heavy (non-hydrogen) atoms. The van der Waals surface area contributed by atoms with Crippen molar-refractivity contribution in [3.8, 4) is 0 Å². The van der Waals surface area contributed by atoms with Crippen LogP contribution in [0.5, 0.6) is 0 Å². The van der Waals surface area contributed by atoms with Gasteiger partial charge < -0.3 is 9.53 Å². The SMILES string of the molecule is CCOCCCC(=O)CCCC(=O)CCCC(=O)CCCC=O. The molecule has 132 valence electrons. The number of Topliss-reactive ketones (excluding diaryl/α,β-unsaturated/α-hetero) is 3. The van der Waals surface area contributed by atoms with E-state index >= 15 is 0 Å². The Labute approximate surface area is 139 Å². The lowest BCUT2D eigenvalue weighted by molar-refractivity contribution is -0.120. The first-order valence-corrected chi connectivity index (χ1v) is 8.66. The van der Waals surface area contributed by atoms with Gasteiger partial charge in [-0.15, -0.1) is 0 Å². The second kappa shape index (κ2) is 15.5. The summed E-state index contributed by atoms with van der Waals surface area (Å²) in [6, 6.07) is 0. The van der Waals surface area contributed by atoms with Crippen molar-refractivity contribution in [1.29, 1.82) is 0 Å². The van der Waals surface area contributed by atoms with Gasteiger partial charge >= 0.3 is 0 Å². The molecule has 0 aliphatic heterocycles. The highest BCUT2D eigenvalue weighted by Crippen LogP contribution is 2.08. The van der Waals surface area contributed by atoms with Crippen molar-refractivity contribution < 1.29 is 23.9 Å². The monoisotopic (exact) mass is 326 g/mol. The Morgan fingerprint density at radius 2 is 1.17 bits per heavy atom. The van der Waals surface area contributed by atoms with Gasteiger partial charge in [-0.05, 0) is 32.6 Å². The Morgan fingerprint density at radius 3 is 1.61 bits per heavy atom. The molecular weight excluding hydrogens is 296 g/mol. The second-order valence-electron chi connectivity index (χ2n) is 5.68. The number of carbonyl (C=O) groups is 4. The Bertz CT molecular complexity index is 362. The van der Waals surface area contributed by atoms with Crippen LogP contribution in [0, 0.1) is 0 Å². The number of carbonyl (C=O) groups excluding carboxylic acids is 4. The van der Waals surface area contributed by atoms with E-state index in [2.05, 4.69) is 0 Å². The minimum Gasteiger partial charge on any atom is -0.382 e. The molecule has 0 aromatic carbocycles. The fourth-order valence-corrected chi connectivity index (χ4v) is 2.24. The molecule has 0 saturated carbocycles. The number of hydrogen-bond donors (Lipinski definition) is 0. The maximum atomic E-state index is 11.7. The molecule has 0 aliphatic carbocycles. The highest BCUT2D eigenvalue weighted by molar-refractivity contribution is 5.82. The number of ether oxygens (including phenoxy) is 1. The van der Waals surface area contributed by atoms with E-state index < -0.39 is 0 Å². The van der Waals surface area contributed by atoms with Gasteiger partial charge in [0.25, 0.3) is 0 Å². The average molecular weight is 326 g/mol. The van der Waals surface area contributed by atoms with Gasteiger partial charge in [0.2, 0.25) is 0 Å². The van der Waals surface area contributed by atoms with E-state index in [-0.39, 0.29) is 17.3 Å². The van der Waals surface area contributed by atoms with Crippen molar-refractivity contribution in [3.63, 3.8) is 0 Å². The van der Waals surface area contributed by atoms with Gasteiger partial charge in [-0.1, -0.05) is 0 Å². The highest BCUT2D eigenvalue weighted by Gasteiger charge is 2.07. The average Bonchev–Trinajstić information content (AvgIpc) is 2.52. The molecule has 0 heterocycles. The molecule has 5 heteroatoms. The van der Waals surface area contributed by atoms with E-state index in [0.717, 1.165) is 12.7 Å². The molecular formula is C18H30O5. The normalized spacial score (nSPS) is 10.5. The first-order valence-electron chi connectivity index (χ1n) is 8.66. The van der Waals surface area contributed by atoms with E-state index in [1.807, 2.05) is 6.92 Å². The second-order valence-corrected chi connectivity index (χ2v) is 5.68. The summed E-state index contributed by atoms with van der Waals surface area (Å²) >= 11 is 0. The van der Waals surface area contributed by atoms with E-state index in [1.165, 1.54) is 0 Å². The quantitative estimate of drug-likeness (QED) is 0.303. The van der Waals surface area contributed by atoms with Gasteiger partial charge in [0, 0.05) is 58.2 Å². The van der Waals surface area contributed by atoms with Crippen molar-refractivity contribution in [2.75, 3.05) is 13.2 Å². The maximum Gasteiger partial charge on any atom is 0.133 e. The third-order valence-electron chi connectivity index (χ3n) is 3.55. The third-order valence-corrected chi connectivity index (χ3v) is 3.55.